The Balaban J connectivity index is 2.74. The summed E-state index contributed by atoms with van der Waals surface area (Å²) in [5.74, 6) is -1.57. The highest BCUT2D eigenvalue weighted by Gasteiger charge is 2.14. The van der Waals surface area contributed by atoms with Gasteiger partial charge in [-0.05, 0) is 44.0 Å². The van der Waals surface area contributed by atoms with Crippen molar-refractivity contribution < 1.29 is 19.5 Å². The summed E-state index contributed by atoms with van der Waals surface area (Å²) in [6.07, 6.45) is 1.64. The Hall–Kier alpha value is -2.41. The molecule has 1 rings (SSSR count). The maximum absolute atomic E-state index is 12.1. The molecule has 0 spiro atoms. The largest absolute Gasteiger partial charge is 0.481 e. The molecule has 0 saturated carbocycles. The van der Waals surface area contributed by atoms with Gasteiger partial charge in [-0.25, -0.2) is 0 Å². The lowest BCUT2D eigenvalue weighted by molar-refractivity contribution is -0.136. The van der Waals surface area contributed by atoms with Crippen LogP contribution in [0.5, 0.6) is 0 Å². The van der Waals surface area contributed by atoms with E-state index in [9.17, 15) is 14.4 Å². The summed E-state index contributed by atoms with van der Waals surface area (Å²) < 4.78 is 0. The first-order chi connectivity index (χ1) is 10.9. The van der Waals surface area contributed by atoms with Crippen molar-refractivity contribution in [1.82, 2.24) is 5.32 Å². The second kappa shape index (κ2) is 9.58. The molecule has 7 heteroatoms. The zero-order valence-corrected chi connectivity index (χ0v) is 13.2. The molecule has 0 atom stereocenters. The minimum absolute atomic E-state index is 0.0337. The van der Waals surface area contributed by atoms with Gasteiger partial charge in [0.1, 0.15) is 0 Å². The SMILES string of the molecule is Cc1ccc(C(=O)NCCC(=O)O)c(NC(=O)CCCCN)c1. The van der Waals surface area contributed by atoms with Crippen molar-refractivity contribution in [2.75, 3.05) is 18.4 Å². The maximum atomic E-state index is 12.1. The van der Waals surface area contributed by atoms with Gasteiger partial charge >= 0.3 is 5.97 Å². The molecular weight excluding hydrogens is 298 g/mol. The highest BCUT2D eigenvalue weighted by Crippen LogP contribution is 2.18. The first-order valence-corrected chi connectivity index (χ1v) is 7.54. The Labute approximate surface area is 135 Å². The van der Waals surface area contributed by atoms with Gasteiger partial charge in [0.05, 0.1) is 17.7 Å². The number of nitrogens with two attached hydrogens (primary N) is 1. The molecule has 7 nitrogen and oxygen atoms in total. The summed E-state index contributed by atoms with van der Waals surface area (Å²) in [5.41, 5.74) is 7.04. The van der Waals surface area contributed by atoms with Crippen LogP contribution in [0.25, 0.3) is 0 Å². The number of rotatable bonds is 9. The fourth-order valence-corrected chi connectivity index (χ4v) is 1.98. The van der Waals surface area contributed by atoms with Gasteiger partial charge in [-0.2, -0.15) is 0 Å². The average molecular weight is 321 g/mol. The van der Waals surface area contributed by atoms with E-state index in [1.807, 2.05) is 6.92 Å². The Kier molecular flexibility index (Phi) is 7.76. The second-order valence-electron chi connectivity index (χ2n) is 5.24. The molecule has 0 bridgehead atoms. The third kappa shape index (κ3) is 6.92. The van der Waals surface area contributed by atoms with E-state index in [0.717, 1.165) is 12.0 Å². The predicted octanol–water partition coefficient (Wildman–Crippen LogP) is 1.27. The number of hydrogen-bond donors (Lipinski definition) is 4. The minimum Gasteiger partial charge on any atom is -0.481 e. The lowest BCUT2D eigenvalue weighted by Gasteiger charge is -2.12. The van der Waals surface area contributed by atoms with Crippen LogP contribution in [0.1, 0.15) is 41.6 Å². The lowest BCUT2D eigenvalue weighted by atomic mass is 10.1. The van der Waals surface area contributed by atoms with Crippen molar-refractivity contribution in [3.63, 3.8) is 0 Å². The standard InChI is InChI=1S/C16H23N3O4/c1-11-5-6-12(16(23)18-9-7-15(21)22)13(10-11)19-14(20)4-2-3-8-17/h5-6,10H,2-4,7-9,17H2,1H3,(H,18,23)(H,19,20)(H,21,22). The first kappa shape index (κ1) is 18.6. The average Bonchev–Trinajstić information content (AvgIpc) is 2.47. The summed E-state index contributed by atoms with van der Waals surface area (Å²) in [6, 6.07) is 5.09. The highest BCUT2D eigenvalue weighted by molar-refractivity contribution is 6.03. The number of benzene rings is 1. The van der Waals surface area contributed by atoms with Gasteiger partial charge in [-0.1, -0.05) is 6.07 Å². The molecule has 0 heterocycles. The number of carbonyl (C=O) groups is 3. The molecule has 126 valence electrons. The van der Waals surface area contributed by atoms with Gasteiger partial charge in [0.15, 0.2) is 0 Å². The third-order valence-corrected chi connectivity index (χ3v) is 3.18. The van der Waals surface area contributed by atoms with Crippen LogP contribution < -0.4 is 16.4 Å². The monoisotopic (exact) mass is 321 g/mol. The molecule has 0 unspecified atom stereocenters. The summed E-state index contributed by atoms with van der Waals surface area (Å²) in [4.78, 5) is 34.5. The molecule has 0 radical (unpaired) electrons. The maximum Gasteiger partial charge on any atom is 0.305 e. The summed E-state index contributed by atoms with van der Waals surface area (Å²) in [5, 5.41) is 13.9. The van der Waals surface area contributed by atoms with Crippen molar-refractivity contribution >= 4 is 23.5 Å². The fraction of sp³-hybridized carbons (Fsp3) is 0.438. The molecular formula is C16H23N3O4. The third-order valence-electron chi connectivity index (χ3n) is 3.18. The van der Waals surface area contributed by atoms with Crippen molar-refractivity contribution in [1.29, 1.82) is 0 Å². The predicted molar refractivity (Wildman–Crippen MR) is 87.3 cm³/mol. The number of aryl methyl sites for hydroxylation is 1. The molecule has 1 aromatic carbocycles. The Morgan fingerprint density at radius 1 is 1.17 bits per heavy atom. The molecule has 23 heavy (non-hydrogen) atoms. The smallest absolute Gasteiger partial charge is 0.305 e. The number of carbonyl (C=O) groups excluding carboxylic acids is 2. The number of amides is 2. The zero-order valence-electron chi connectivity index (χ0n) is 13.2. The van der Waals surface area contributed by atoms with Gasteiger partial charge in [-0.15, -0.1) is 0 Å². The summed E-state index contributed by atoms with van der Waals surface area (Å²) >= 11 is 0. The topological polar surface area (TPSA) is 122 Å². The number of nitrogens with one attached hydrogen (secondary N) is 2. The van der Waals surface area contributed by atoms with Crippen LogP contribution >= 0.6 is 0 Å². The molecule has 0 aliphatic heterocycles. The van der Waals surface area contributed by atoms with Gasteiger partial charge in [-0.3, -0.25) is 14.4 Å². The van der Waals surface area contributed by atoms with Gasteiger partial charge in [0.25, 0.3) is 5.91 Å². The molecule has 5 N–H and O–H groups in total. The Bertz CT molecular complexity index is 572. The molecule has 1 aromatic rings. The van der Waals surface area contributed by atoms with Crippen LogP contribution in [-0.4, -0.2) is 36.0 Å². The van der Waals surface area contributed by atoms with Gasteiger partial charge in [0, 0.05) is 13.0 Å². The number of hydrogen-bond acceptors (Lipinski definition) is 4. The number of carboxylic acid groups (broad SMARTS) is 1. The zero-order chi connectivity index (χ0) is 17.2. The van der Waals surface area contributed by atoms with E-state index in [4.69, 9.17) is 10.8 Å². The number of carboxylic acids is 1. The van der Waals surface area contributed by atoms with Crippen LogP contribution in [0.15, 0.2) is 18.2 Å². The highest BCUT2D eigenvalue weighted by atomic mass is 16.4. The molecule has 0 fully saturated rings. The van der Waals surface area contributed by atoms with Crippen molar-refractivity contribution in [2.24, 2.45) is 5.73 Å². The normalized spacial score (nSPS) is 10.2. The van der Waals surface area contributed by atoms with Crippen LogP contribution in [0.3, 0.4) is 0 Å². The van der Waals surface area contributed by atoms with Crippen LogP contribution in [0.2, 0.25) is 0 Å². The summed E-state index contributed by atoms with van der Waals surface area (Å²) in [7, 11) is 0. The molecule has 0 aliphatic carbocycles. The second-order valence-corrected chi connectivity index (χ2v) is 5.24. The summed E-state index contributed by atoms with van der Waals surface area (Å²) in [6.45, 7) is 2.43. The van der Waals surface area contributed by atoms with Crippen molar-refractivity contribution in [3.05, 3.63) is 29.3 Å². The van der Waals surface area contributed by atoms with Crippen molar-refractivity contribution in [2.45, 2.75) is 32.6 Å². The molecule has 2 amide bonds. The Morgan fingerprint density at radius 3 is 2.57 bits per heavy atom. The Morgan fingerprint density at radius 2 is 1.91 bits per heavy atom. The van der Waals surface area contributed by atoms with Gasteiger partial charge in [0.2, 0.25) is 5.91 Å². The molecule has 0 aliphatic rings. The van der Waals surface area contributed by atoms with E-state index in [-0.39, 0.29) is 18.9 Å². The van der Waals surface area contributed by atoms with Crippen LogP contribution in [0, 0.1) is 6.92 Å². The van der Waals surface area contributed by atoms with E-state index in [2.05, 4.69) is 10.6 Å². The van der Waals surface area contributed by atoms with Gasteiger partial charge < -0.3 is 21.5 Å². The van der Waals surface area contributed by atoms with E-state index in [1.165, 1.54) is 0 Å². The van der Waals surface area contributed by atoms with Crippen molar-refractivity contribution in [3.8, 4) is 0 Å². The quantitative estimate of drug-likeness (QED) is 0.510. The van der Waals surface area contributed by atoms with E-state index in [1.54, 1.807) is 18.2 Å². The van der Waals surface area contributed by atoms with E-state index >= 15 is 0 Å². The number of unbranched alkanes of at least 4 members (excludes halogenated alkanes) is 1. The lowest BCUT2D eigenvalue weighted by Crippen LogP contribution is -2.27. The first-order valence-electron chi connectivity index (χ1n) is 7.54. The number of aliphatic carboxylic acids is 1. The molecule has 0 aromatic heterocycles. The molecule has 0 saturated heterocycles. The van der Waals surface area contributed by atoms with Crippen LogP contribution in [0.4, 0.5) is 5.69 Å². The minimum atomic E-state index is -0.984. The van der Waals surface area contributed by atoms with E-state index in [0.29, 0.717) is 30.6 Å². The number of anilines is 1. The fourth-order valence-electron chi connectivity index (χ4n) is 1.98. The van der Waals surface area contributed by atoms with Crippen LogP contribution in [-0.2, 0) is 9.59 Å². The van der Waals surface area contributed by atoms with E-state index < -0.39 is 11.9 Å².